The summed E-state index contributed by atoms with van der Waals surface area (Å²) >= 11 is 4.10. The Labute approximate surface area is 121 Å². The average Bonchev–Trinajstić information content (AvgIpc) is 2.93. The van der Waals surface area contributed by atoms with E-state index >= 15 is 0 Å². The van der Waals surface area contributed by atoms with Crippen molar-refractivity contribution < 1.29 is 0 Å². The fourth-order valence-electron chi connectivity index (χ4n) is 2.41. The zero-order valence-electron chi connectivity index (χ0n) is 12.3. The van der Waals surface area contributed by atoms with Crippen molar-refractivity contribution in [3.63, 3.8) is 0 Å². The quantitative estimate of drug-likeness (QED) is 0.442. The van der Waals surface area contributed by atoms with Crippen LogP contribution in [0.25, 0.3) is 0 Å². The van der Waals surface area contributed by atoms with Crippen molar-refractivity contribution in [3.8, 4) is 0 Å². The molecule has 1 heterocycles. The number of hydrogen-bond donors (Lipinski definition) is 0. The van der Waals surface area contributed by atoms with Crippen LogP contribution in [0, 0.1) is 3.57 Å². The van der Waals surface area contributed by atoms with Crippen molar-refractivity contribution in [3.05, 3.63) is 14.3 Å². The molecule has 106 valence electrons. The van der Waals surface area contributed by atoms with E-state index in [1.807, 2.05) is 22.7 Å². The molecule has 0 aliphatic heterocycles. The predicted molar refractivity (Wildman–Crippen MR) is 91.7 cm³/mol. The molecule has 0 nitrogen and oxygen atoms in total. The molecule has 0 amide bonds. The van der Waals surface area contributed by atoms with E-state index in [0.29, 0.717) is 0 Å². The second-order valence-electron chi connectivity index (χ2n) is 5.15. The van der Waals surface area contributed by atoms with Gasteiger partial charge in [0.25, 0.3) is 0 Å². The molecule has 0 saturated carbocycles. The van der Waals surface area contributed by atoms with E-state index in [4.69, 9.17) is 0 Å². The maximum absolute atomic E-state index is 2.34. The summed E-state index contributed by atoms with van der Waals surface area (Å²) in [6.07, 6.45) is 12.9. The first-order valence-electron chi connectivity index (χ1n) is 7.51. The third-order valence-electron chi connectivity index (χ3n) is 3.60. The lowest BCUT2D eigenvalue weighted by atomic mass is 10.4. The maximum atomic E-state index is 2.34. The van der Waals surface area contributed by atoms with E-state index in [2.05, 4.69) is 31.5 Å². The number of hydrogen-bond acceptors (Lipinski definition) is 2. The van der Waals surface area contributed by atoms with Crippen LogP contribution in [0.4, 0.5) is 0 Å². The highest BCUT2D eigenvalue weighted by Crippen LogP contribution is 2.55. The van der Waals surface area contributed by atoms with Gasteiger partial charge in [-0.3, -0.25) is 0 Å². The van der Waals surface area contributed by atoms with Crippen LogP contribution in [-0.4, -0.2) is 18.5 Å². The fourth-order valence-corrected chi connectivity index (χ4v) is 11.4. The van der Waals surface area contributed by atoms with Crippen molar-refractivity contribution in [2.75, 3.05) is 18.5 Å². The Balaban J connectivity index is 3.06. The van der Waals surface area contributed by atoms with Gasteiger partial charge in [0.15, 0.2) is 0 Å². The molecule has 0 radical (unpaired) electrons. The Bertz CT molecular complexity index is 344. The largest absolute Gasteiger partial charge is 0.133 e. The lowest BCUT2D eigenvalue weighted by Crippen LogP contribution is -2.01. The standard InChI is InChI=1S/C15H29PS2/c1-4-7-10-16(11-8-5-2,12-9-6-3)15-17-13-14-18-15/h13-14H,4-12H2,1-3H3. The SMILES string of the molecule is CCCCP(CCCC)(CCCC)=c1sccs1. The van der Waals surface area contributed by atoms with Crippen LogP contribution in [0.2, 0.25) is 0 Å². The highest BCUT2D eigenvalue weighted by atomic mass is 32.2. The van der Waals surface area contributed by atoms with Gasteiger partial charge in [-0.15, -0.1) is 22.7 Å². The molecule has 18 heavy (non-hydrogen) atoms. The normalized spacial score (nSPS) is 11.9. The Morgan fingerprint density at radius 2 is 1.17 bits per heavy atom. The van der Waals surface area contributed by atoms with Gasteiger partial charge in [0, 0.05) is 10.8 Å². The lowest BCUT2D eigenvalue weighted by Gasteiger charge is -2.25. The van der Waals surface area contributed by atoms with Gasteiger partial charge < -0.3 is 0 Å². The maximum Gasteiger partial charge on any atom is 0.0751 e. The first-order valence-corrected chi connectivity index (χ1v) is 11.6. The van der Waals surface area contributed by atoms with Gasteiger partial charge in [-0.2, -0.15) is 0 Å². The van der Waals surface area contributed by atoms with Gasteiger partial charge in [-0.05, 0) is 37.7 Å². The minimum atomic E-state index is -0.813. The minimum absolute atomic E-state index is 0.813. The summed E-state index contributed by atoms with van der Waals surface area (Å²) in [6, 6.07) is 0. The molecule has 0 aliphatic carbocycles. The van der Waals surface area contributed by atoms with E-state index in [1.165, 1.54) is 57.0 Å². The average molecular weight is 305 g/mol. The molecule has 0 spiro atoms. The van der Waals surface area contributed by atoms with Gasteiger partial charge in [0.2, 0.25) is 0 Å². The molecule has 0 saturated heterocycles. The molecule has 0 N–H and O–H groups in total. The zero-order valence-corrected chi connectivity index (χ0v) is 14.8. The molecular formula is C15H29PS2. The topological polar surface area (TPSA) is 0 Å². The van der Waals surface area contributed by atoms with E-state index in [-0.39, 0.29) is 0 Å². The Kier molecular flexibility index (Phi) is 8.63. The molecule has 3 heteroatoms. The lowest BCUT2D eigenvalue weighted by molar-refractivity contribution is 0.843. The van der Waals surface area contributed by atoms with Crippen molar-refractivity contribution in [1.29, 1.82) is 0 Å². The number of rotatable bonds is 9. The van der Waals surface area contributed by atoms with Crippen LogP contribution >= 0.6 is 29.6 Å². The summed E-state index contributed by atoms with van der Waals surface area (Å²) in [6.45, 7) is 6.21. The van der Waals surface area contributed by atoms with Gasteiger partial charge in [0.1, 0.15) is 0 Å². The summed E-state index contributed by atoms with van der Waals surface area (Å²) < 4.78 is 1.80. The Morgan fingerprint density at radius 1 is 0.778 bits per heavy atom. The first kappa shape index (κ1) is 16.5. The molecule has 1 aromatic heterocycles. The molecule has 0 atom stereocenters. The van der Waals surface area contributed by atoms with Crippen LogP contribution in [0.15, 0.2) is 10.8 Å². The van der Waals surface area contributed by atoms with Crippen molar-refractivity contribution in [2.24, 2.45) is 0 Å². The summed E-state index contributed by atoms with van der Waals surface area (Å²) in [5, 5.41) is 4.61. The zero-order chi connectivity index (χ0) is 13.3. The second kappa shape index (κ2) is 9.39. The molecule has 0 aliphatic rings. The van der Waals surface area contributed by atoms with E-state index in [1.54, 1.807) is 3.57 Å². The molecule has 0 fully saturated rings. The Morgan fingerprint density at radius 3 is 1.50 bits per heavy atom. The Hall–Kier alpha value is 0.480. The molecule has 1 rings (SSSR count). The van der Waals surface area contributed by atoms with Crippen LogP contribution in [0.3, 0.4) is 0 Å². The predicted octanol–water partition coefficient (Wildman–Crippen LogP) is 6.76. The third-order valence-corrected chi connectivity index (χ3v) is 12.5. The monoisotopic (exact) mass is 304 g/mol. The van der Waals surface area contributed by atoms with Crippen LogP contribution in [0.1, 0.15) is 59.3 Å². The van der Waals surface area contributed by atoms with Gasteiger partial charge >= 0.3 is 0 Å². The molecule has 1 aromatic rings. The molecule has 0 bridgehead atoms. The number of unbranched alkanes of at least 4 members (excludes halogenated alkanes) is 3. The van der Waals surface area contributed by atoms with Crippen LogP contribution < -0.4 is 0 Å². The molecule has 0 unspecified atom stereocenters. The highest BCUT2D eigenvalue weighted by Gasteiger charge is 2.18. The van der Waals surface area contributed by atoms with Crippen molar-refractivity contribution in [2.45, 2.75) is 59.3 Å². The molecule has 0 aromatic carbocycles. The van der Waals surface area contributed by atoms with Gasteiger partial charge in [-0.1, -0.05) is 46.9 Å². The van der Waals surface area contributed by atoms with Gasteiger partial charge in [-0.25, -0.2) is 0 Å². The highest BCUT2D eigenvalue weighted by molar-refractivity contribution is 7.72. The summed E-state index contributed by atoms with van der Waals surface area (Å²) in [5.41, 5.74) is 0. The van der Waals surface area contributed by atoms with Crippen LogP contribution in [-0.2, 0) is 0 Å². The summed E-state index contributed by atoms with van der Waals surface area (Å²) in [7, 11) is 0. The third kappa shape index (κ3) is 4.87. The first-order chi connectivity index (χ1) is 8.79. The van der Waals surface area contributed by atoms with Gasteiger partial charge in [0.05, 0.1) is 3.57 Å². The van der Waals surface area contributed by atoms with E-state index < -0.39 is 6.89 Å². The van der Waals surface area contributed by atoms with Crippen molar-refractivity contribution >= 4 is 29.6 Å². The summed E-state index contributed by atoms with van der Waals surface area (Å²) in [5.74, 6) is 0. The van der Waals surface area contributed by atoms with E-state index in [9.17, 15) is 0 Å². The smallest absolute Gasteiger partial charge is 0.0751 e. The molecular weight excluding hydrogens is 275 g/mol. The second-order valence-corrected chi connectivity index (χ2v) is 11.9. The van der Waals surface area contributed by atoms with Crippen molar-refractivity contribution in [1.82, 2.24) is 0 Å². The van der Waals surface area contributed by atoms with E-state index in [0.717, 1.165) is 0 Å². The van der Waals surface area contributed by atoms with Crippen LogP contribution in [0.5, 0.6) is 0 Å². The summed E-state index contributed by atoms with van der Waals surface area (Å²) in [4.78, 5) is 0. The fraction of sp³-hybridized carbons (Fsp3) is 0.800. The minimum Gasteiger partial charge on any atom is -0.133 e.